The first-order valence-corrected chi connectivity index (χ1v) is 11.6. The number of anilines is 2. The summed E-state index contributed by atoms with van der Waals surface area (Å²) in [5.41, 5.74) is 0.849. The van der Waals surface area contributed by atoms with Crippen molar-refractivity contribution in [2.75, 3.05) is 22.9 Å². The summed E-state index contributed by atoms with van der Waals surface area (Å²) in [4.78, 5) is 17.1. The lowest BCUT2D eigenvalue weighted by Gasteiger charge is -2.21. The second-order valence-corrected chi connectivity index (χ2v) is 9.51. The van der Waals surface area contributed by atoms with Crippen LogP contribution in [0.15, 0.2) is 47.9 Å². The largest absolute Gasteiger partial charge is 0.434 e. The van der Waals surface area contributed by atoms with E-state index in [0.29, 0.717) is 5.65 Å². The van der Waals surface area contributed by atoms with Crippen molar-refractivity contribution < 1.29 is 26.7 Å². The molecule has 1 amide bonds. The Morgan fingerprint density at radius 3 is 2.94 bits per heavy atom. The van der Waals surface area contributed by atoms with Gasteiger partial charge < -0.3 is 15.4 Å². The fourth-order valence-electron chi connectivity index (χ4n) is 3.72. The molecule has 176 valence electrons. The number of amides is 1. The molecule has 0 saturated heterocycles. The minimum atomic E-state index is -3.65. The van der Waals surface area contributed by atoms with E-state index in [0.717, 1.165) is 0 Å². The predicted octanol–water partition coefficient (Wildman–Crippen LogP) is 2.18. The molecule has 0 atom stereocenters. The van der Waals surface area contributed by atoms with Crippen LogP contribution in [0.25, 0.3) is 16.9 Å². The van der Waals surface area contributed by atoms with Gasteiger partial charge in [-0.3, -0.25) is 9.48 Å². The van der Waals surface area contributed by atoms with E-state index in [9.17, 15) is 22.0 Å². The van der Waals surface area contributed by atoms with Gasteiger partial charge in [0, 0.05) is 43.8 Å². The number of carbonyl (C=O) groups is 1. The Morgan fingerprint density at radius 2 is 2.15 bits per heavy atom. The number of rotatable bonds is 5. The van der Waals surface area contributed by atoms with Gasteiger partial charge in [0.1, 0.15) is 17.0 Å². The van der Waals surface area contributed by atoms with Crippen molar-refractivity contribution >= 4 is 32.8 Å². The number of benzene rings is 1. The van der Waals surface area contributed by atoms with E-state index in [4.69, 9.17) is 0 Å². The van der Waals surface area contributed by atoms with E-state index >= 15 is 0 Å². The molecule has 0 spiro atoms. The van der Waals surface area contributed by atoms with E-state index in [-0.39, 0.29) is 51.1 Å². The molecule has 0 unspecified atom stereocenters. The second-order valence-electron chi connectivity index (χ2n) is 7.43. The second kappa shape index (κ2) is 8.06. The minimum absolute atomic E-state index is 0.0137. The highest BCUT2D eigenvalue weighted by atomic mass is 32.2. The third kappa shape index (κ3) is 3.81. The molecule has 1 aliphatic heterocycles. The van der Waals surface area contributed by atoms with Gasteiger partial charge in [0.2, 0.25) is 0 Å². The molecule has 0 aliphatic carbocycles. The summed E-state index contributed by atoms with van der Waals surface area (Å²) < 4.78 is 59.0. The number of aromatic nitrogens is 5. The van der Waals surface area contributed by atoms with Crippen LogP contribution >= 0.6 is 0 Å². The number of nitrogens with one attached hydrogen (secondary N) is 2. The maximum atomic E-state index is 13.2. The Balaban J connectivity index is 1.60. The first kappa shape index (κ1) is 21.8. The van der Waals surface area contributed by atoms with Crippen molar-refractivity contribution in [1.82, 2.24) is 24.4 Å². The highest BCUT2D eigenvalue weighted by Crippen LogP contribution is 2.41. The Kier molecular flexibility index (Phi) is 5.16. The highest BCUT2D eigenvalue weighted by Gasteiger charge is 2.29. The van der Waals surface area contributed by atoms with Crippen LogP contribution in [0.3, 0.4) is 0 Å². The maximum absolute atomic E-state index is 13.2. The zero-order chi connectivity index (χ0) is 24.0. The lowest BCUT2D eigenvalue weighted by atomic mass is 10.1. The lowest BCUT2D eigenvalue weighted by molar-refractivity contribution is -0.0494. The highest BCUT2D eigenvalue weighted by molar-refractivity contribution is 7.91. The Hall–Kier alpha value is -4.07. The summed E-state index contributed by atoms with van der Waals surface area (Å²) in [6, 6.07) is 4.08. The van der Waals surface area contributed by atoms with Crippen molar-refractivity contribution in [3.05, 3.63) is 48.5 Å². The molecule has 4 aromatic rings. The maximum Gasteiger partial charge on any atom is 0.387 e. The fourth-order valence-corrected chi connectivity index (χ4v) is 5.07. The number of ether oxygens (including phenoxy) is 1. The average Bonchev–Trinajstić information content (AvgIpc) is 3.36. The monoisotopic (exact) mass is 489 g/mol. The topological polar surface area (TPSA) is 133 Å². The van der Waals surface area contributed by atoms with Crippen molar-refractivity contribution in [3.63, 3.8) is 0 Å². The van der Waals surface area contributed by atoms with Crippen LogP contribution in [0.4, 0.5) is 20.2 Å². The molecule has 11 nitrogen and oxygen atoms in total. The fraction of sp³-hybridized carbons (Fsp3) is 0.200. The van der Waals surface area contributed by atoms with Crippen LogP contribution in [-0.2, 0) is 16.9 Å². The average molecular weight is 489 g/mol. The quantitative estimate of drug-likeness (QED) is 0.436. The molecule has 0 fully saturated rings. The third-order valence-electron chi connectivity index (χ3n) is 5.18. The third-order valence-corrected chi connectivity index (χ3v) is 6.92. The van der Waals surface area contributed by atoms with Gasteiger partial charge in [0.05, 0.1) is 28.2 Å². The molecular weight excluding hydrogens is 472 g/mol. The van der Waals surface area contributed by atoms with Crippen molar-refractivity contribution in [2.45, 2.75) is 11.5 Å². The molecule has 4 heterocycles. The van der Waals surface area contributed by atoms with Gasteiger partial charge in [0.25, 0.3) is 5.91 Å². The number of nitrogens with zero attached hydrogens (tertiary/aromatic N) is 5. The molecule has 5 rings (SSSR count). The number of carbonyl (C=O) groups excluding carboxylic acids is 1. The summed E-state index contributed by atoms with van der Waals surface area (Å²) in [5.74, 6) is -1.00. The van der Waals surface area contributed by atoms with Crippen LogP contribution < -0.4 is 15.4 Å². The van der Waals surface area contributed by atoms with Crippen molar-refractivity contribution in [2.24, 2.45) is 7.05 Å². The molecule has 0 saturated carbocycles. The smallest absolute Gasteiger partial charge is 0.387 e. The molecule has 2 N–H and O–H groups in total. The summed E-state index contributed by atoms with van der Waals surface area (Å²) in [7, 11) is -2.08. The van der Waals surface area contributed by atoms with Crippen LogP contribution in [0, 0.1) is 0 Å². The van der Waals surface area contributed by atoms with E-state index in [2.05, 4.69) is 30.6 Å². The van der Waals surface area contributed by atoms with Crippen LogP contribution in [0.2, 0.25) is 0 Å². The summed E-state index contributed by atoms with van der Waals surface area (Å²) in [6.45, 7) is -3.02. The molecule has 14 heteroatoms. The number of halogens is 2. The van der Waals surface area contributed by atoms with Crippen molar-refractivity contribution in [1.29, 1.82) is 0 Å². The van der Waals surface area contributed by atoms with Gasteiger partial charge in [-0.25, -0.2) is 17.9 Å². The number of alkyl halides is 2. The molecule has 34 heavy (non-hydrogen) atoms. The lowest BCUT2D eigenvalue weighted by Crippen LogP contribution is -2.23. The number of aryl methyl sites for hydroxylation is 1. The predicted molar refractivity (Wildman–Crippen MR) is 117 cm³/mol. The van der Waals surface area contributed by atoms with Gasteiger partial charge in [-0.2, -0.15) is 19.0 Å². The molecule has 0 radical (unpaired) electrons. The van der Waals surface area contributed by atoms with Gasteiger partial charge in [-0.1, -0.05) is 0 Å². The Labute approximate surface area is 191 Å². The van der Waals surface area contributed by atoms with Gasteiger partial charge in [0.15, 0.2) is 15.5 Å². The van der Waals surface area contributed by atoms with Crippen LogP contribution in [0.1, 0.15) is 10.4 Å². The van der Waals surface area contributed by atoms with Gasteiger partial charge in [-0.05, 0) is 12.1 Å². The molecule has 3 aromatic heterocycles. The standard InChI is InChI=1S/C20H17F2N7O4S/c1-28-10-14(26-19(30)12-9-25-29-5-2-3-24-18(12)29)17(27-28)11-7-16-13(8-15(11)33-20(21)22)23-4-6-34(16,31)32/h2-3,5,7-10,20,23H,4,6H2,1H3,(H,26,30). The number of fused-ring (bicyclic) bond motifs is 2. The number of hydrogen-bond acceptors (Lipinski definition) is 8. The SMILES string of the molecule is Cn1cc(NC(=O)c2cnn3cccnc23)c(-c2cc3c(cc2OC(F)F)NCCS3(=O)=O)n1. The van der Waals surface area contributed by atoms with E-state index in [1.54, 1.807) is 19.3 Å². The van der Waals surface area contributed by atoms with E-state index < -0.39 is 22.4 Å². The Bertz CT molecular complexity index is 1530. The number of hydrogen-bond donors (Lipinski definition) is 2. The molecular formula is C20H17F2N7O4S. The first-order chi connectivity index (χ1) is 16.2. The summed E-state index contributed by atoms with van der Waals surface area (Å²) in [6.07, 6.45) is 5.95. The summed E-state index contributed by atoms with van der Waals surface area (Å²) in [5, 5.41) is 13.9. The van der Waals surface area contributed by atoms with Crippen LogP contribution in [0.5, 0.6) is 5.75 Å². The zero-order valence-corrected chi connectivity index (χ0v) is 18.4. The minimum Gasteiger partial charge on any atom is -0.434 e. The molecule has 0 bridgehead atoms. The molecule has 1 aliphatic rings. The van der Waals surface area contributed by atoms with Crippen LogP contribution in [-0.4, -0.2) is 57.6 Å². The normalized spacial score (nSPS) is 14.6. The molecule has 1 aromatic carbocycles. The zero-order valence-electron chi connectivity index (χ0n) is 17.6. The van der Waals surface area contributed by atoms with E-state index in [1.165, 1.54) is 39.9 Å². The Morgan fingerprint density at radius 1 is 1.32 bits per heavy atom. The van der Waals surface area contributed by atoms with Gasteiger partial charge >= 0.3 is 6.61 Å². The van der Waals surface area contributed by atoms with Gasteiger partial charge in [-0.15, -0.1) is 0 Å². The number of sulfone groups is 1. The summed E-state index contributed by atoms with van der Waals surface area (Å²) >= 11 is 0. The first-order valence-electron chi connectivity index (χ1n) is 9.96. The van der Waals surface area contributed by atoms with Crippen molar-refractivity contribution in [3.8, 4) is 17.0 Å². The van der Waals surface area contributed by atoms with E-state index in [1.807, 2.05) is 0 Å².